The van der Waals surface area contributed by atoms with Gasteiger partial charge in [0.25, 0.3) is 5.91 Å². The standard InChI is InChI=1S/C21H18F3N3O2S/c1-29-17-7-3-6-16(11-17)27-19(14-4-2-5-15(10-14)21(22,23)24)12-18(25-27)20(28)26-8-9-30-13-26/h2-7,10-12H,8-9,13H2,1H3. The molecule has 1 aliphatic rings. The fourth-order valence-corrected chi connectivity index (χ4v) is 4.17. The molecule has 5 nitrogen and oxygen atoms in total. The molecule has 0 bridgehead atoms. The van der Waals surface area contributed by atoms with Gasteiger partial charge in [0.2, 0.25) is 0 Å². The van der Waals surface area contributed by atoms with E-state index >= 15 is 0 Å². The molecule has 0 atom stereocenters. The molecule has 1 fully saturated rings. The molecule has 0 unspecified atom stereocenters. The Morgan fingerprint density at radius 2 is 1.93 bits per heavy atom. The number of nitrogens with zero attached hydrogens (tertiary/aromatic N) is 3. The second kappa shape index (κ2) is 8.06. The van der Waals surface area contributed by atoms with Gasteiger partial charge in [-0.25, -0.2) is 4.68 Å². The zero-order valence-corrected chi connectivity index (χ0v) is 16.8. The summed E-state index contributed by atoms with van der Waals surface area (Å²) >= 11 is 1.65. The van der Waals surface area contributed by atoms with E-state index in [1.165, 1.54) is 17.9 Å². The van der Waals surface area contributed by atoms with Crippen LogP contribution >= 0.6 is 11.8 Å². The summed E-state index contributed by atoms with van der Waals surface area (Å²) in [6.45, 7) is 0.619. The molecule has 0 N–H and O–H groups in total. The van der Waals surface area contributed by atoms with Crippen molar-refractivity contribution >= 4 is 17.7 Å². The molecule has 1 aliphatic heterocycles. The van der Waals surface area contributed by atoms with Crippen LogP contribution in [-0.4, -0.2) is 45.9 Å². The van der Waals surface area contributed by atoms with Crippen LogP contribution < -0.4 is 4.74 Å². The Morgan fingerprint density at radius 3 is 2.63 bits per heavy atom. The number of carbonyl (C=O) groups excluding carboxylic acids is 1. The van der Waals surface area contributed by atoms with Gasteiger partial charge in [-0.1, -0.05) is 18.2 Å². The lowest BCUT2D eigenvalue weighted by molar-refractivity contribution is -0.137. The summed E-state index contributed by atoms with van der Waals surface area (Å²) in [6, 6.07) is 13.5. The van der Waals surface area contributed by atoms with E-state index in [-0.39, 0.29) is 11.6 Å². The van der Waals surface area contributed by atoms with Crippen LogP contribution in [0, 0.1) is 0 Å². The van der Waals surface area contributed by atoms with Crippen LogP contribution in [0.5, 0.6) is 5.75 Å². The maximum atomic E-state index is 13.2. The molecule has 30 heavy (non-hydrogen) atoms. The smallest absolute Gasteiger partial charge is 0.416 e. The number of hydrogen-bond acceptors (Lipinski definition) is 4. The number of aromatic nitrogens is 2. The van der Waals surface area contributed by atoms with Gasteiger partial charge >= 0.3 is 6.18 Å². The molecule has 1 aromatic heterocycles. The summed E-state index contributed by atoms with van der Waals surface area (Å²) in [5.41, 5.74) is 0.714. The summed E-state index contributed by atoms with van der Waals surface area (Å²) in [4.78, 5) is 14.5. The Bertz CT molecular complexity index is 1080. The zero-order chi connectivity index (χ0) is 21.3. The zero-order valence-electron chi connectivity index (χ0n) is 16.0. The first kappa shape index (κ1) is 20.3. The monoisotopic (exact) mass is 433 g/mol. The molecular weight excluding hydrogens is 415 g/mol. The largest absolute Gasteiger partial charge is 0.497 e. The molecule has 156 valence electrons. The Morgan fingerprint density at radius 1 is 1.13 bits per heavy atom. The summed E-state index contributed by atoms with van der Waals surface area (Å²) in [7, 11) is 1.52. The van der Waals surface area contributed by atoms with E-state index in [0.717, 1.165) is 17.9 Å². The number of halogens is 3. The van der Waals surface area contributed by atoms with Gasteiger partial charge in [-0.3, -0.25) is 4.79 Å². The van der Waals surface area contributed by atoms with E-state index in [1.807, 2.05) is 0 Å². The maximum absolute atomic E-state index is 13.2. The summed E-state index contributed by atoms with van der Waals surface area (Å²) in [5.74, 6) is 1.75. The molecule has 2 heterocycles. The van der Waals surface area contributed by atoms with Crippen molar-refractivity contribution < 1.29 is 22.7 Å². The van der Waals surface area contributed by atoms with Crippen molar-refractivity contribution in [2.75, 3.05) is 25.3 Å². The van der Waals surface area contributed by atoms with Gasteiger partial charge in [-0.15, -0.1) is 11.8 Å². The summed E-state index contributed by atoms with van der Waals surface area (Å²) < 4.78 is 46.5. The molecule has 2 aromatic carbocycles. The van der Waals surface area contributed by atoms with E-state index in [1.54, 1.807) is 53.1 Å². The average Bonchev–Trinajstić information content (AvgIpc) is 3.43. The van der Waals surface area contributed by atoms with E-state index in [2.05, 4.69) is 5.10 Å². The van der Waals surface area contributed by atoms with Crippen LogP contribution in [0.4, 0.5) is 13.2 Å². The maximum Gasteiger partial charge on any atom is 0.416 e. The molecule has 0 spiro atoms. The van der Waals surface area contributed by atoms with E-state index in [4.69, 9.17) is 4.74 Å². The quantitative estimate of drug-likeness (QED) is 0.598. The minimum atomic E-state index is -4.47. The first-order valence-corrected chi connectivity index (χ1v) is 10.3. The van der Waals surface area contributed by atoms with Crippen molar-refractivity contribution in [1.29, 1.82) is 0 Å². The topological polar surface area (TPSA) is 47.4 Å². The Balaban J connectivity index is 1.84. The SMILES string of the molecule is COc1cccc(-n2nc(C(=O)N3CCSC3)cc2-c2cccc(C(F)(F)F)c2)c1. The van der Waals surface area contributed by atoms with Crippen molar-refractivity contribution in [1.82, 2.24) is 14.7 Å². The van der Waals surface area contributed by atoms with Crippen LogP contribution in [0.3, 0.4) is 0 Å². The van der Waals surface area contributed by atoms with Crippen LogP contribution in [0.25, 0.3) is 16.9 Å². The number of thioether (sulfide) groups is 1. The third kappa shape index (κ3) is 4.02. The Hall–Kier alpha value is -2.94. The van der Waals surface area contributed by atoms with E-state index in [9.17, 15) is 18.0 Å². The number of ether oxygens (including phenoxy) is 1. The van der Waals surface area contributed by atoms with Crippen molar-refractivity contribution in [2.45, 2.75) is 6.18 Å². The lowest BCUT2D eigenvalue weighted by Gasteiger charge is -2.12. The van der Waals surface area contributed by atoms with Crippen LogP contribution in [0.2, 0.25) is 0 Å². The second-order valence-corrected chi connectivity index (χ2v) is 7.79. The second-order valence-electron chi connectivity index (χ2n) is 6.71. The Labute approximate surface area is 175 Å². The summed E-state index contributed by atoms with van der Waals surface area (Å²) in [6.07, 6.45) is -4.47. The average molecular weight is 433 g/mol. The number of amides is 1. The van der Waals surface area contributed by atoms with Crippen LogP contribution in [0.1, 0.15) is 16.1 Å². The minimum Gasteiger partial charge on any atom is -0.497 e. The first-order valence-electron chi connectivity index (χ1n) is 9.16. The minimum absolute atomic E-state index is 0.188. The van der Waals surface area contributed by atoms with Gasteiger partial charge < -0.3 is 9.64 Å². The predicted octanol–water partition coefficient (Wildman–Crippen LogP) is 4.71. The van der Waals surface area contributed by atoms with Crippen LogP contribution in [0.15, 0.2) is 54.6 Å². The van der Waals surface area contributed by atoms with E-state index < -0.39 is 11.7 Å². The fourth-order valence-electron chi connectivity index (χ4n) is 3.22. The fraction of sp³-hybridized carbons (Fsp3) is 0.238. The van der Waals surface area contributed by atoms with E-state index in [0.29, 0.717) is 35.1 Å². The van der Waals surface area contributed by atoms with Crippen molar-refractivity contribution in [3.63, 3.8) is 0 Å². The number of hydrogen-bond donors (Lipinski definition) is 0. The lowest BCUT2D eigenvalue weighted by Crippen LogP contribution is -2.28. The molecule has 1 saturated heterocycles. The Kier molecular flexibility index (Phi) is 5.46. The number of rotatable bonds is 4. The van der Waals surface area contributed by atoms with Gasteiger partial charge in [0.15, 0.2) is 5.69 Å². The highest BCUT2D eigenvalue weighted by Gasteiger charge is 2.31. The molecule has 0 radical (unpaired) electrons. The molecular formula is C21H18F3N3O2S. The highest BCUT2D eigenvalue weighted by Crippen LogP contribution is 2.33. The highest BCUT2D eigenvalue weighted by molar-refractivity contribution is 7.99. The van der Waals surface area contributed by atoms with Gasteiger partial charge in [0, 0.05) is 23.9 Å². The van der Waals surface area contributed by atoms with Gasteiger partial charge in [0.1, 0.15) is 5.75 Å². The molecule has 4 rings (SSSR count). The van der Waals surface area contributed by atoms with Gasteiger partial charge in [0.05, 0.1) is 29.9 Å². The number of carbonyl (C=O) groups is 1. The third-order valence-electron chi connectivity index (χ3n) is 4.75. The number of alkyl halides is 3. The van der Waals surface area contributed by atoms with Crippen molar-refractivity contribution in [3.8, 4) is 22.7 Å². The first-order chi connectivity index (χ1) is 14.4. The predicted molar refractivity (Wildman–Crippen MR) is 109 cm³/mol. The highest BCUT2D eigenvalue weighted by atomic mass is 32.2. The number of benzene rings is 2. The van der Waals surface area contributed by atoms with Gasteiger partial charge in [-0.05, 0) is 30.3 Å². The van der Waals surface area contributed by atoms with Crippen molar-refractivity contribution in [3.05, 3.63) is 65.9 Å². The molecule has 9 heteroatoms. The number of methoxy groups -OCH3 is 1. The van der Waals surface area contributed by atoms with Crippen molar-refractivity contribution in [2.24, 2.45) is 0 Å². The molecule has 3 aromatic rings. The lowest BCUT2D eigenvalue weighted by atomic mass is 10.1. The van der Waals surface area contributed by atoms with Crippen LogP contribution in [-0.2, 0) is 6.18 Å². The summed E-state index contributed by atoms with van der Waals surface area (Å²) in [5, 5.41) is 4.45. The molecule has 0 saturated carbocycles. The molecule has 1 amide bonds. The third-order valence-corrected chi connectivity index (χ3v) is 5.72. The molecule has 0 aliphatic carbocycles. The van der Waals surface area contributed by atoms with Gasteiger partial charge in [-0.2, -0.15) is 18.3 Å². The normalized spacial score (nSPS) is 14.2.